The zero-order chi connectivity index (χ0) is 16.2. The topological polar surface area (TPSA) is 102 Å². The van der Waals surface area contributed by atoms with E-state index in [1.165, 1.54) is 31.2 Å². The molecule has 0 aliphatic rings. The number of amidine groups is 1. The fraction of sp³-hybridized carbons (Fsp3) is 0.0667. The van der Waals surface area contributed by atoms with Gasteiger partial charge in [0, 0.05) is 18.2 Å². The second kappa shape index (κ2) is 6.40. The lowest BCUT2D eigenvalue weighted by atomic mass is 10.2. The molecule has 0 spiro atoms. The largest absolute Gasteiger partial charge is 0.383 e. The van der Waals surface area contributed by atoms with E-state index in [2.05, 4.69) is 9.71 Å². The number of nitrogens with one attached hydrogen (secondary N) is 1. The van der Waals surface area contributed by atoms with E-state index in [4.69, 9.17) is 5.73 Å². The van der Waals surface area contributed by atoms with Crippen LogP contribution in [0.15, 0.2) is 63.9 Å². The Labute approximate surface area is 128 Å². The van der Waals surface area contributed by atoms with Crippen LogP contribution in [0.1, 0.15) is 12.5 Å². The number of carbonyl (C=O) groups excluding carboxylic acids is 1. The number of sulfonamides is 1. The first kappa shape index (κ1) is 15.7. The first-order valence-electron chi connectivity index (χ1n) is 6.42. The Kier molecular flexibility index (Phi) is 4.57. The summed E-state index contributed by atoms with van der Waals surface area (Å²) in [4.78, 5) is 10.9. The van der Waals surface area contributed by atoms with Gasteiger partial charge in [0.1, 0.15) is 5.84 Å². The van der Waals surface area contributed by atoms with Gasteiger partial charge in [-0.2, -0.15) is 8.42 Å². The SMILES string of the molecule is CC(=O)Nc1ccc(S(=O)(=O)N=C(N)c2ccccc2)cc1. The number of benzene rings is 2. The van der Waals surface area contributed by atoms with Crippen molar-refractivity contribution in [2.24, 2.45) is 10.1 Å². The molecule has 2 aromatic rings. The molecule has 0 aromatic heterocycles. The van der Waals surface area contributed by atoms with Crippen LogP contribution in [0.2, 0.25) is 0 Å². The quantitative estimate of drug-likeness (QED) is 0.662. The van der Waals surface area contributed by atoms with Crippen molar-refractivity contribution in [2.75, 3.05) is 5.32 Å². The molecule has 3 N–H and O–H groups in total. The summed E-state index contributed by atoms with van der Waals surface area (Å²) in [5.74, 6) is -0.312. The van der Waals surface area contributed by atoms with Gasteiger partial charge in [-0.25, -0.2) is 0 Å². The van der Waals surface area contributed by atoms with Crippen LogP contribution in [-0.2, 0) is 14.8 Å². The maximum atomic E-state index is 12.2. The second-order valence-electron chi connectivity index (χ2n) is 4.52. The number of hydrogen-bond donors (Lipinski definition) is 2. The van der Waals surface area contributed by atoms with E-state index in [1.807, 2.05) is 0 Å². The summed E-state index contributed by atoms with van der Waals surface area (Å²) in [6.07, 6.45) is 0. The average molecular weight is 317 g/mol. The molecule has 2 aromatic carbocycles. The number of amides is 1. The average Bonchev–Trinajstić information content (AvgIpc) is 2.47. The van der Waals surface area contributed by atoms with Gasteiger partial charge in [0.2, 0.25) is 5.91 Å². The Morgan fingerprint density at radius 3 is 2.18 bits per heavy atom. The fourth-order valence-electron chi connectivity index (χ4n) is 1.76. The normalized spacial score (nSPS) is 12.0. The van der Waals surface area contributed by atoms with Gasteiger partial charge in [-0.15, -0.1) is 4.40 Å². The molecule has 0 unspecified atom stereocenters. The first-order chi connectivity index (χ1) is 10.4. The Balaban J connectivity index is 2.29. The molecule has 6 nitrogen and oxygen atoms in total. The Hall–Kier alpha value is -2.67. The van der Waals surface area contributed by atoms with Crippen molar-refractivity contribution < 1.29 is 13.2 Å². The van der Waals surface area contributed by atoms with Crippen LogP contribution in [0.5, 0.6) is 0 Å². The third-order valence-corrected chi connectivity index (χ3v) is 4.07. The molecule has 0 fully saturated rings. The van der Waals surface area contributed by atoms with Crippen LogP contribution in [0.25, 0.3) is 0 Å². The van der Waals surface area contributed by atoms with E-state index in [1.54, 1.807) is 30.3 Å². The highest BCUT2D eigenvalue weighted by atomic mass is 32.2. The van der Waals surface area contributed by atoms with Crippen LogP contribution in [0.3, 0.4) is 0 Å². The lowest BCUT2D eigenvalue weighted by Crippen LogP contribution is -2.16. The van der Waals surface area contributed by atoms with Crippen molar-refractivity contribution in [3.8, 4) is 0 Å². The third-order valence-electron chi connectivity index (χ3n) is 2.76. The zero-order valence-electron chi connectivity index (χ0n) is 11.9. The second-order valence-corrected chi connectivity index (χ2v) is 6.13. The van der Waals surface area contributed by atoms with Crippen molar-refractivity contribution in [1.82, 2.24) is 0 Å². The molecular formula is C15H15N3O3S. The van der Waals surface area contributed by atoms with Gasteiger partial charge in [-0.1, -0.05) is 30.3 Å². The van der Waals surface area contributed by atoms with Gasteiger partial charge >= 0.3 is 0 Å². The summed E-state index contributed by atoms with van der Waals surface area (Å²) in [6, 6.07) is 14.3. The van der Waals surface area contributed by atoms with Crippen LogP contribution in [-0.4, -0.2) is 20.2 Å². The van der Waals surface area contributed by atoms with Crippen molar-refractivity contribution in [1.29, 1.82) is 0 Å². The highest BCUT2D eigenvalue weighted by molar-refractivity contribution is 7.90. The van der Waals surface area contributed by atoms with Gasteiger partial charge in [0.25, 0.3) is 10.0 Å². The minimum absolute atomic E-state index is 0.000447. The van der Waals surface area contributed by atoms with Crippen molar-refractivity contribution in [3.63, 3.8) is 0 Å². The molecule has 22 heavy (non-hydrogen) atoms. The lowest BCUT2D eigenvalue weighted by Gasteiger charge is -2.04. The molecule has 7 heteroatoms. The van der Waals surface area contributed by atoms with Crippen LogP contribution in [0, 0.1) is 0 Å². The smallest absolute Gasteiger partial charge is 0.284 e. The monoisotopic (exact) mass is 317 g/mol. The molecule has 0 aliphatic heterocycles. The highest BCUT2D eigenvalue weighted by Gasteiger charge is 2.14. The van der Waals surface area contributed by atoms with Crippen molar-refractivity contribution >= 4 is 27.5 Å². The predicted octanol–water partition coefficient (Wildman–Crippen LogP) is 1.74. The number of nitrogens with two attached hydrogens (primary N) is 1. The Bertz CT molecular complexity index is 798. The van der Waals surface area contributed by atoms with E-state index in [-0.39, 0.29) is 16.6 Å². The Morgan fingerprint density at radius 2 is 1.64 bits per heavy atom. The summed E-state index contributed by atoms with van der Waals surface area (Å²) < 4.78 is 28.0. The van der Waals surface area contributed by atoms with Gasteiger partial charge < -0.3 is 11.1 Å². The molecule has 0 saturated heterocycles. The van der Waals surface area contributed by atoms with Crippen LogP contribution < -0.4 is 11.1 Å². The van der Waals surface area contributed by atoms with Crippen molar-refractivity contribution in [3.05, 3.63) is 60.2 Å². The molecule has 0 saturated carbocycles. The summed E-state index contributed by atoms with van der Waals surface area (Å²) in [5, 5.41) is 2.56. The molecule has 2 rings (SSSR count). The Morgan fingerprint density at radius 1 is 1.05 bits per heavy atom. The minimum atomic E-state index is -3.90. The molecule has 0 aliphatic carbocycles. The molecular weight excluding hydrogens is 302 g/mol. The number of anilines is 1. The van der Waals surface area contributed by atoms with Gasteiger partial charge in [0.05, 0.1) is 4.90 Å². The van der Waals surface area contributed by atoms with Gasteiger partial charge in [-0.3, -0.25) is 4.79 Å². The summed E-state index contributed by atoms with van der Waals surface area (Å²) in [6.45, 7) is 1.37. The molecule has 0 bridgehead atoms. The zero-order valence-corrected chi connectivity index (χ0v) is 12.7. The van der Waals surface area contributed by atoms with E-state index in [9.17, 15) is 13.2 Å². The molecule has 114 valence electrons. The maximum Gasteiger partial charge on any atom is 0.284 e. The minimum Gasteiger partial charge on any atom is -0.383 e. The molecule has 0 heterocycles. The van der Waals surface area contributed by atoms with E-state index in [0.717, 1.165) is 0 Å². The number of carbonyl (C=O) groups is 1. The standard InChI is InChI=1S/C15H15N3O3S/c1-11(19)17-13-7-9-14(10-8-13)22(20,21)18-15(16)12-5-3-2-4-6-12/h2-10H,1H3,(H2,16,18)(H,17,19). The number of nitrogens with zero attached hydrogens (tertiary/aromatic N) is 1. The molecule has 0 radical (unpaired) electrons. The van der Waals surface area contributed by atoms with E-state index < -0.39 is 10.0 Å². The number of rotatable bonds is 4. The summed E-state index contributed by atoms with van der Waals surface area (Å²) in [5.41, 5.74) is 6.76. The molecule has 1 amide bonds. The van der Waals surface area contributed by atoms with E-state index in [0.29, 0.717) is 11.3 Å². The first-order valence-corrected chi connectivity index (χ1v) is 7.86. The van der Waals surface area contributed by atoms with Gasteiger partial charge in [0.15, 0.2) is 0 Å². The van der Waals surface area contributed by atoms with Crippen molar-refractivity contribution in [2.45, 2.75) is 11.8 Å². The van der Waals surface area contributed by atoms with Gasteiger partial charge in [-0.05, 0) is 24.3 Å². The van der Waals surface area contributed by atoms with E-state index >= 15 is 0 Å². The predicted molar refractivity (Wildman–Crippen MR) is 85.1 cm³/mol. The summed E-state index contributed by atoms with van der Waals surface area (Å²) >= 11 is 0. The lowest BCUT2D eigenvalue weighted by molar-refractivity contribution is -0.114. The third kappa shape index (κ3) is 3.92. The molecule has 0 atom stereocenters. The van der Waals surface area contributed by atoms with Crippen LogP contribution >= 0.6 is 0 Å². The highest BCUT2D eigenvalue weighted by Crippen LogP contribution is 2.16. The maximum absolute atomic E-state index is 12.2. The summed E-state index contributed by atoms with van der Waals surface area (Å²) in [7, 11) is -3.90. The number of hydrogen-bond acceptors (Lipinski definition) is 3. The van der Waals surface area contributed by atoms with Crippen LogP contribution in [0.4, 0.5) is 5.69 Å². The fourth-order valence-corrected chi connectivity index (χ4v) is 2.71.